The van der Waals surface area contributed by atoms with Gasteiger partial charge in [0.15, 0.2) is 5.79 Å². The van der Waals surface area contributed by atoms with Gasteiger partial charge in [0.05, 0.1) is 18.5 Å². The van der Waals surface area contributed by atoms with Gasteiger partial charge in [-0.05, 0) is 25.7 Å². The minimum atomic E-state index is -3.92. The van der Waals surface area contributed by atoms with Crippen LogP contribution in [0.5, 0.6) is 0 Å². The fourth-order valence-corrected chi connectivity index (χ4v) is 3.34. The maximum atomic E-state index is 11.0. The van der Waals surface area contributed by atoms with Gasteiger partial charge in [-0.2, -0.15) is 8.42 Å². The third-order valence-corrected chi connectivity index (χ3v) is 5.06. The number of ether oxygens (including phenoxy) is 2. The molecule has 1 N–H and O–H groups in total. The highest BCUT2D eigenvalue weighted by molar-refractivity contribution is 7.86. The number of hydrogen-bond acceptors (Lipinski definition) is 4. The Hall–Kier alpha value is -0.170. The van der Waals surface area contributed by atoms with E-state index in [0.29, 0.717) is 13.2 Å². The monoisotopic (exact) mass is 250 g/mol. The molecular formula is C10H18O5S. The van der Waals surface area contributed by atoms with Gasteiger partial charge in [-0.3, -0.25) is 4.55 Å². The van der Waals surface area contributed by atoms with E-state index < -0.39 is 21.2 Å². The van der Waals surface area contributed by atoms with Gasteiger partial charge >= 0.3 is 0 Å². The van der Waals surface area contributed by atoms with Gasteiger partial charge in [0.2, 0.25) is 0 Å². The molecule has 0 aromatic carbocycles. The second-order valence-electron chi connectivity index (χ2n) is 4.67. The molecule has 16 heavy (non-hydrogen) atoms. The summed E-state index contributed by atoms with van der Waals surface area (Å²) in [5.74, 6) is -0.455. The van der Waals surface area contributed by atoms with Crippen molar-refractivity contribution in [2.75, 3.05) is 13.2 Å². The summed E-state index contributed by atoms with van der Waals surface area (Å²) in [6, 6.07) is 0. The third-order valence-electron chi connectivity index (χ3n) is 3.74. The van der Waals surface area contributed by atoms with Crippen LogP contribution < -0.4 is 0 Å². The van der Waals surface area contributed by atoms with Gasteiger partial charge in [0, 0.05) is 12.8 Å². The lowest BCUT2D eigenvalue weighted by molar-refractivity contribution is -0.182. The van der Waals surface area contributed by atoms with Gasteiger partial charge in [0.1, 0.15) is 0 Å². The van der Waals surface area contributed by atoms with E-state index in [2.05, 4.69) is 0 Å². The van der Waals surface area contributed by atoms with E-state index in [1.54, 1.807) is 6.92 Å². The molecule has 0 radical (unpaired) electrons. The summed E-state index contributed by atoms with van der Waals surface area (Å²) in [7, 11) is -3.92. The second-order valence-corrected chi connectivity index (χ2v) is 6.44. The van der Waals surface area contributed by atoms with Gasteiger partial charge in [0.25, 0.3) is 10.1 Å². The van der Waals surface area contributed by atoms with Gasteiger partial charge in [-0.1, -0.05) is 0 Å². The Balaban J connectivity index is 1.95. The van der Waals surface area contributed by atoms with Gasteiger partial charge in [-0.25, -0.2) is 0 Å². The zero-order valence-electron chi connectivity index (χ0n) is 9.39. The average molecular weight is 250 g/mol. The summed E-state index contributed by atoms with van der Waals surface area (Å²) in [5.41, 5.74) is 0. The Bertz CT molecular complexity index is 334. The van der Waals surface area contributed by atoms with Crippen LogP contribution in [-0.4, -0.2) is 37.2 Å². The molecule has 1 saturated heterocycles. The molecule has 0 aromatic rings. The lowest BCUT2D eigenvalue weighted by Crippen LogP contribution is -2.39. The van der Waals surface area contributed by atoms with E-state index in [9.17, 15) is 8.42 Å². The topological polar surface area (TPSA) is 72.8 Å². The van der Waals surface area contributed by atoms with Crippen molar-refractivity contribution in [3.8, 4) is 0 Å². The van der Waals surface area contributed by atoms with E-state index in [1.165, 1.54) is 0 Å². The van der Waals surface area contributed by atoms with E-state index >= 15 is 0 Å². The molecule has 1 aliphatic carbocycles. The first-order chi connectivity index (χ1) is 7.43. The largest absolute Gasteiger partial charge is 0.348 e. The first kappa shape index (κ1) is 12.3. The smallest absolute Gasteiger partial charge is 0.267 e. The zero-order valence-corrected chi connectivity index (χ0v) is 10.2. The first-order valence-electron chi connectivity index (χ1n) is 5.67. The van der Waals surface area contributed by atoms with Crippen LogP contribution >= 0.6 is 0 Å². The molecule has 0 aromatic heterocycles. The van der Waals surface area contributed by atoms with Crippen molar-refractivity contribution in [3.63, 3.8) is 0 Å². The highest BCUT2D eigenvalue weighted by atomic mass is 32.2. The second kappa shape index (κ2) is 4.25. The molecule has 1 unspecified atom stereocenters. The van der Waals surface area contributed by atoms with Crippen molar-refractivity contribution >= 4 is 10.1 Å². The van der Waals surface area contributed by atoms with Crippen molar-refractivity contribution in [2.24, 2.45) is 5.92 Å². The Morgan fingerprint density at radius 1 is 1.25 bits per heavy atom. The molecule has 1 spiro atoms. The number of hydrogen-bond donors (Lipinski definition) is 1. The molecule has 0 amide bonds. The normalized spacial score (nSPS) is 28.4. The highest BCUT2D eigenvalue weighted by Gasteiger charge is 2.42. The van der Waals surface area contributed by atoms with E-state index in [-0.39, 0.29) is 5.92 Å². The Morgan fingerprint density at radius 2 is 1.75 bits per heavy atom. The van der Waals surface area contributed by atoms with Crippen LogP contribution in [0.2, 0.25) is 0 Å². The molecule has 2 rings (SSSR count). The maximum absolute atomic E-state index is 11.0. The Morgan fingerprint density at radius 3 is 2.19 bits per heavy atom. The summed E-state index contributed by atoms with van der Waals surface area (Å²) in [6.07, 6.45) is 2.89. The van der Waals surface area contributed by atoms with Crippen molar-refractivity contribution in [1.82, 2.24) is 0 Å². The van der Waals surface area contributed by atoms with Crippen LogP contribution in [0, 0.1) is 5.92 Å². The molecule has 6 heteroatoms. The number of rotatable bonds is 2. The van der Waals surface area contributed by atoms with Gasteiger partial charge < -0.3 is 9.47 Å². The lowest BCUT2D eigenvalue weighted by Gasteiger charge is -2.36. The lowest BCUT2D eigenvalue weighted by atomic mass is 9.83. The minimum Gasteiger partial charge on any atom is -0.348 e. The average Bonchev–Trinajstić information content (AvgIpc) is 2.66. The van der Waals surface area contributed by atoms with Crippen LogP contribution in [0.15, 0.2) is 0 Å². The van der Waals surface area contributed by atoms with E-state index in [4.69, 9.17) is 14.0 Å². The molecule has 2 fully saturated rings. The molecular weight excluding hydrogens is 232 g/mol. The molecule has 1 atom stereocenters. The standard InChI is InChI=1S/C10H18O5S/c1-8(16(11,12)13)9-2-4-10(5-3-9)14-6-7-15-10/h8-9H,2-7H2,1H3,(H,11,12,13). The zero-order chi connectivity index (χ0) is 11.8. The summed E-state index contributed by atoms with van der Waals surface area (Å²) < 4.78 is 42.2. The van der Waals surface area contributed by atoms with E-state index in [1.807, 2.05) is 0 Å². The quantitative estimate of drug-likeness (QED) is 0.745. The molecule has 5 nitrogen and oxygen atoms in total. The van der Waals surface area contributed by atoms with Crippen LogP contribution in [-0.2, 0) is 19.6 Å². The van der Waals surface area contributed by atoms with Crippen LogP contribution in [0.3, 0.4) is 0 Å². The predicted octanol–water partition coefficient (Wildman–Crippen LogP) is 1.20. The minimum absolute atomic E-state index is 0.00780. The maximum Gasteiger partial charge on any atom is 0.267 e. The summed E-state index contributed by atoms with van der Waals surface area (Å²) in [5, 5.41) is -0.689. The molecule has 2 aliphatic rings. The molecule has 1 heterocycles. The van der Waals surface area contributed by atoms with Crippen LogP contribution in [0.1, 0.15) is 32.6 Å². The highest BCUT2D eigenvalue weighted by Crippen LogP contribution is 2.40. The predicted molar refractivity (Wildman–Crippen MR) is 57.6 cm³/mol. The van der Waals surface area contributed by atoms with Gasteiger partial charge in [-0.15, -0.1) is 0 Å². The van der Waals surface area contributed by atoms with Crippen molar-refractivity contribution in [3.05, 3.63) is 0 Å². The third kappa shape index (κ3) is 2.40. The fraction of sp³-hybridized carbons (Fsp3) is 1.00. The van der Waals surface area contributed by atoms with Crippen LogP contribution in [0.25, 0.3) is 0 Å². The Labute approximate surface area is 95.9 Å². The first-order valence-corrected chi connectivity index (χ1v) is 7.17. The summed E-state index contributed by atoms with van der Waals surface area (Å²) in [4.78, 5) is 0. The molecule has 0 bridgehead atoms. The molecule has 1 saturated carbocycles. The summed E-state index contributed by atoms with van der Waals surface area (Å²) in [6.45, 7) is 2.81. The fourth-order valence-electron chi connectivity index (χ4n) is 2.58. The molecule has 94 valence electrons. The van der Waals surface area contributed by atoms with Crippen molar-refractivity contribution in [1.29, 1.82) is 0 Å². The summed E-state index contributed by atoms with van der Waals surface area (Å²) >= 11 is 0. The Kier molecular flexibility index (Phi) is 3.27. The SMILES string of the molecule is CC(C1CCC2(CC1)OCCO2)S(=O)(=O)O. The molecule has 1 aliphatic heterocycles. The van der Waals surface area contributed by atoms with Crippen molar-refractivity contribution in [2.45, 2.75) is 43.6 Å². The van der Waals surface area contributed by atoms with Crippen LogP contribution in [0.4, 0.5) is 0 Å². The van der Waals surface area contributed by atoms with Crippen molar-refractivity contribution < 1.29 is 22.4 Å². The van der Waals surface area contributed by atoms with E-state index in [0.717, 1.165) is 25.7 Å².